The molecule has 0 amide bonds. The number of alkyl halides is 3. The van der Waals surface area contributed by atoms with E-state index in [-0.39, 0.29) is 12.2 Å². The summed E-state index contributed by atoms with van der Waals surface area (Å²) in [5, 5.41) is 0. The van der Waals surface area contributed by atoms with Crippen LogP contribution in [0.15, 0.2) is 11.0 Å². The summed E-state index contributed by atoms with van der Waals surface area (Å²) in [6.45, 7) is 3.18. The summed E-state index contributed by atoms with van der Waals surface area (Å²) in [4.78, 5) is 26.5. The molecule has 0 radical (unpaired) electrons. The van der Waals surface area contributed by atoms with Crippen LogP contribution in [0.2, 0.25) is 0 Å². The Kier molecular flexibility index (Phi) is 3.51. The van der Waals surface area contributed by atoms with Crippen molar-refractivity contribution in [3.8, 4) is 0 Å². The molecule has 2 aromatic heterocycles. The van der Waals surface area contributed by atoms with E-state index >= 15 is 0 Å². The highest BCUT2D eigenvalue weighted by atomic mass is 19.4. The lowest BCUT2D eigenvalue weighted by atomic mass is 10.1. The predicted molar refractivity (Wildman–Crippen MR) is 71.0 cm³/mol. The van der Waals surface area contributed by atoms with E-state index in [0.717, 1.165) is 11.5 Å². The molecule has 1 aliphatic heterocycles. The van der Waals surface area contributed by atoms with Crippen LogP contribution in [0.5, 0.6) is 0 Å². The maximum atomic E-state index is 12.6. The summed E-state index contributed by atoms with van der Waals surface area (Å²) in [5.41, 5.74) is 0.727. The van der Waals surface area contributed by atoms with Gasteiger partial charge in [0.15, 0.2) is 0 Å². The molecule has 3 rings (SSSR count). The topological polar surface area (TPSA) is 77.7 Å². The van der Waals surface area contributed by atoms with Gasteiger partial charge >= 0.3 is 6.18 Å². The number of hydrogen-bond acceptors (Lipinski definition) is 4. The molecule has 1 aliphatic rings. The molecule has 2 N–H and O–H groups in total. The van der Waals surface area contributed by atoms with Crippen molar-refractivity contribution in [1.82, 2.24) is 24.8 Å². The van der Waals surface area contributed by atoms with Gasteiger partial charge in [-0.1, -0.05) is 0 Å². The molecule has 9 heteroatoms. The Morgan fingerprint density at radius 3 is 2.77 bits per heavy atom. The lowest BCUT2D eigenvalue weighted by molar-refractivity contribution is -0.145. The molecular formula is C13H14F3N5O. The molecular weight excluding hydrogens is 299 g/mol. The van der Waals surface area contributed by atoms with Crippen LogP contribution in [0.3, 0.4) is 0 Å². The van der Waals surface area contributed by atoms with Crippen LogP contribution >= 0.6 is 0 Å². The average molecular weight is 313 g/mol. The maximum absolute atomic E-state index is 12.6. The SMILES string of the molecule is Cc1cnc(CN2CCc3nc(C(F)(F)F)[nH]c(=O)c3C2)[nH]1. The second-order valence-corrected chi connectivity index (χ2v) is 5.31. The third-order valence-corrected chi connectivity index (χ3v) is 3.55. The van der Waals surface area contributed by atoms with Crippen molar-refractivity contribution in [3.63, 3.8) is 0 Å². The zero-order valence-electron chi connectivity index (χ0n) is 11.8. The molecule has 0 saturated carbocycles. The fraction of sp³-hybridized carbons (Fsp3) is 0.462. The quantitative estimate of drug-likeness (QED) is 0.878. The minimum absolute atomic E-state index is 0.225. The molecule has 0 aromatic carbocycles. The van der Waals surface area contributed by atoms with Gasteiger partial charge in [0, 0.05) is 31.4 Å². The minimum atomic E-state index is -4.64. The number of imidazole rings is 1. The van der Waals surface area contributed by atoms with E-state index in [1.54, 1.807) is 6.20 Å². The Hall–Kier alpha value is -2.16. The fourth-order valence-electron chi connectivity index (χ4n) is 2.51. The van der Waals surface area contributed by atoms with Crippen LogP contribution in [0.4, 0.5) is 13.2 Å². The van der Waals surface area contributed by atoms with Crippen molar-refractivity contribution in [1.29, 1.82) is 0 Å². The van der Waals surface area contributed by atoms with Gasteiger partial charge in [-0.3, -0.25) is 9.69 Å². The summed E-state index contributed by atoms with van der Waals surface area (Å²) in [6.07, 6.45) is -2.63. The maximum Gasteiger partial charge on any atom is 0.449 e. The number of halogens is 3. The van der Waals surface area contributed by atoms with Crippen molar-refractivity contribution in [3.05, 3.63) is 45.2 Å². The van der Waals surface area contributed by atoms with Crippen LogP contribution in [0.25, 0.3) is 0 Å². The lowest BCUT2D eigenvalue weighted by Crippen LogP contribution is -2.36. The predicted octanol–water partition coefficient (Wildman–Crippen LogP) is 1.38. The normalized spacial score (nSPS) is 15.8. The van der Waals surface area contributed by atoms with Crippen molar-refractivity contribution in [2.75, 3.05) is 6.54 Å². The van der Waals surface area contributed by atoms with E-state index in [0.29, 0.717) is 25.1 Å². The van der Waals surface area contributed by atoms with E-state index < -0.39 is 17.6 Å². The number of aromatic amines is 2. The molecule has 0 spiro atoms. The third kappa shape index (κ3) is 2.89. The number of nitrogens with one attached hydrogen (secondary N) is 2. The van der Waals surface area contributed by atoms with Crippen LogP contribution in [-0.2, 0) is 25.7 Å². The van der Waals surface area contributed by atoms with Crippen molar-refractivity contribution < 1.29 is 13.2 Å². The number of aryl methyl sites for hydroxylation is 1. The molecule has 2 aromatic rings. The monoisotopic (exact) mass is 313 g/mol. The van der Waals surface area contributed by atoms with Crippen molar-refractivity contribution >= 4 is 0 Å². The number of nitrogens with zero attached hydrogens (tertiary/aromatic N) is 3. The molecule has 3 heterocycles. The van der Waals surface area contributed by atoms with E-state index in [1.165, 1.54) is 0 Å². The zero-order chi connectivity index (χ0) is 15.9. The van der Waals surface area contributed by atoms with Crippen LogP contribution < -0.4 is 5.56 Å². The molecule has 118 valence electrons. The Morgan fingerprint density at radius 2 is 2.14 bits per heavy atom. The highest BCUT2D eigenvalue weighted by molar-refractivity contribution is 5.21. The first-order valence-corrected chi connectivity index (χ1v) is 6.75. The summed E-state index contributed by atoms with van der Waals surface area (Å²) >= 11 is 0. The largest absolute Gasteiger partial charge is 0.449 e. The molecule has 0 aliphatic carbocycles. The van der Waals surface area contributed by atoms with E-state index in [4.69, 9.17) is 0 Å². The molecule has 0 bridgehead atoms. The van der Waals surface area contributed by atoms with E-state index in [2.05, 4.69) is 15.0 Å². The van der Waals surface area contributed by atoms with Crippen LogP contribution in [0.1, 0.15) is 28.6 Å². The van der Waals surface area contributed by atoms with E-state index in [1.807, 2.05) is 16.8 Å². The van der Waals surface area contributed by atoms with Gasteiger partial charge in [0.1, 0.15) is 5.82 Å². The molecule has 0 atom stereocenters. The third-order valence-electron chi connectivity index (χ3n) is 3.55. The van der Waals surface area contributed by atoms with Crippen molar-refractivity contribution in [2.45, 2.75) is 32.6 Å². The Bertz CT molecular complexity index is 749. The summed E-state index contributed by atoms with van der Waals surface area (Å²) in [6, 6.07) is 0. The van der Waals surface area contributed by atoms with Gasteiger partial charge in [-0.05, 0) is 6.92 Å². The number of aromatic nitrogens is 4. The number of rotatable bonds is 2. The molecule has 0 fully saturated rings. The van der Waals surface area contributed by atoms with Gasteiger partial charge in [-0.25, -0.2) is 9.97 Å². The van der Waals surface area contributed by atoms with Gasteiger partial charge in [0.25, 0.3) is 5.56 Å². The van der Waals surface area contributed by atoms with Crippen molar-refractivity contribution in [2.24, 2.45) is 0 Å². The number of fused-ring (bicyclic) bond motifs is 1. The smallest absolute Gasteiger partial charge is 0.345 e. The Labute approximate surface area is 123 Å². The molecule has 0 unspecified atom stereocenters. The van der Waals surface area contributed by atoms with Gasteiger partial charge < -0.3 is 9.97 Å². The molecule has 22 heavy (non-hydrogen) atoms. The second-order valence-electron chi connectivity index (χ2n) is 5.31. The standard InChI is InChI=1S/C13H14F3N5O/c1-7-4-17-10(18-7)6-21-3-2-9-8(5-21)11(22)20-12(19-9)13(14,15)16/h4H,2-3,5-6H2,1H3,(H,17,18)(H,19,20,22). The van der Waals surface area contributed by atoms with Gasteiger partial charge in [0.2, 0.25) is 5.82 Å². The highest BCUT2D eigenvalue weighted by Crippen LogP contribution is 2.26. The Balaban J connectivity index is 1.83. The highest BCUT2D eigenvalue weighted by Gasteiger charge is 2.35. The van der Waals surface area contributed by atoms with Crippen LogP contribution in [-0.4, -0.2) is 31.4 Å². The summed E-state index contributed by atoms with van der Waals surface area (Å²) in [5.74, 6) is -0.469. The van der Waals surface area contributed by atoms with E-state index in [9.17, 15) is 18.0 Å². The first kappa shape index (κ1) is 14.8. The first-order chi connectivity index (χ1) is 10.3. The lowest BCUT2D eigenvalue weighted by Gasteiger charge is -2.27. The summed E-state index contributed by atoms with van der Waals surface area (Å²) in [7, 11) is 0. The zero-order valence-corrected chi connectivity index (χ0v) is 11.8. The van der Waals surface area contributed by atoms with Gasteiger partial charge in [0.05, 0.1) is 17.8 Å². The second kappa shape index (κ2) is 5.24. The average Bonchev–Trinajstić information content (AvgIpc) is 2.83. The van der Waals surface area contributed by atoms with Crippen LogP contribution in [0, 0.1) is 6.92 Å². The number of H-pyrrole nitrogens is 2. The summed E-state index contributed by atoms with van der Waals surface area (Å²) < 4.78 is 37.9. The van der Waals surface area contributed by atoms with Gasteiger partial charge in [-0.2, -0.15) is 13.2 Å². The molecule has 6 nitrogen and oxygen atoms in total. The number of hydrogen-bond donors (Lipinski definition) is 2. The Morgan fingerprint density at radius 1 is 1.36 bits per heavy atom. The fourth-order valence-corrected chi connectivity index (χ4v) is 2.51. The molecule has 0 saturated heterocycles. The first-order valence-electron chi connectivity index (χ1n) is 6.75. The van der Waals surface area contributed by atoms with Gasteiger partial charge in [-0.15, -0.1) is 0 Å². The minimum Gasteiger partial charge on any atom is -0.345 e.